The van der Waals surface area contributed by atoms with Gasteiger partial charge in [0.05, 0.1) is 18.1 Å². The smallest absolute Gasteiger partial charge is 0.0871 e. The highest BCUT2D eigenvalue weighted by Gasteiger charge is 2.11. The van der Waals surface area contributed by atoms with E-state index in [1.165, 1.54) is 5.56 Å². The fourth-order valence-corrected chi connectivity index (χ4v) is 2.03. The normalized spacial score (nSPS) is 11.1. The molecule has 0 saturated carbocycles. The summed E-state index contributed by atoms with van der Waals surface area (Å²) >= 11 is 0. The van der Waals surface area contributed by atoms with Gasteiger partial charge in [-0.1, -0.05) is 24.3 Å². The Bertz CT molecular complexity index is 564. The van der Waals surface area contributed by atoms with Gasteiger partial charge in [0.2, 0.25) is 0 Å². The van der Waals surface area contributed by atoms with E-state index < -0.39 is 0 Å². The molecular formula is C15H17N3. The lowest BCUT2D eigenvalue weighted by molar-refractivity contribution is 0.241. The maximum atomic E-state index is 8.87. The summed E-state index contributed by atoms with van der Waals surface area (Å²) in [5, 5.41) is 10.0. The Hall–Kier alpha value is -1.92. The molecule has 0 spiro atoms. The van der Waals surface area contributed by atoms with Crippen molar-refractivity contribution >= 4 is 10.9 Å². The average molecular weight is 239 g/mol. The summed E-state index contributed by atoms with van der Waals surface area (Å²) in [7, 11) is 0. The summed E-state index contributed by atoms with van der Waals surface area (Å²) in [4.78, 5) is 6.59. The van der Waals surface area contributed by atoms with E-state index in [1.54, 1.807) is 0 Å². The fraction of sp³-hybridized carbons (Fsp3) is 0.333. The molecule has 0 aliphatic heterocycles. The topological polar surface area (TPSA) is 39.9 Å². The van der Waals surface area contributed by atoms with E-state index >= 15 is 0 Å². The molecule has 0 bridgehead atoms. The van der Waals surface area contributed by atoms with Crippen molar-refractivity contribution < 1.29 is 0 Å². The zero-order chi connectivity index (χ0) is 13.0. The van der Waals surface area contributed by atoms with E-state index in [1.807, 2.05) is 18.3 Å². The summed E-state index contributed by atoms with van der Waals surface area (Å²) in [6.45, 7) is 5.42. The molecule has 2 aromatic rings. The van der Waals surface area contributed by atoms with Crippen LogP contribution in [0.4, 0.5) is 0 Å². The number of pyridine rings is 1. The van der Waals surface area contributed by atoms with E-state index in [0.717, 1.165) is 17.4 Å². The first-order valence-electron chi connectivity index (χ1n) is 6.16. The standard InChI is InChI=1S/C15H17N3/c1-12(2)18(10-8-16)11-14-6-3-5-13-7-4-9-17-15(13)14/h3-7,9,12H,10-11H2,1-2H3. The van der Waals surface area contributed by atoms with Gasteiger partial charge in [0.15, 0.2) is 0 Å². The van der Waals surface area contributed by atoms with Crippen molar-refractivity contribution in [1.29, 1.82) is 5.26 Å². The van der Waals surface area contributed by atoms with Crippen LogP contribution in [0, 0.1) is 11.3 Å². The maximum Gasteiger partial charge on any atom is 0.0871 e. The predicted octanol–water partition coefficient (Wildman–Crippen LogP) is 2.97. The van der Waals surface area contributed by atoms with Gasteiger partial charge in [-0.3, -0.25) is 9.88 Å². The Labute approximate surface area is 108 Å². The number of nitrogens with zero attached hydrogens (tertiary/aromatic N) is 3. The minimum atomic E-state index is 0.351. The number of fused-ring (bicyclic) bond motifs is 1. The molecule has 0 aliphatic rings. The molecule has 2 rings (SSSR count). The van der Waals surface area contributed by atoms with Crippen LogP contribution in [-0.4, -0.2) is 22.5 Å². The number of rotatable bonds is 4. The molecule has 1 aromatic carbocycles. The molecule has 0 fully saturated rings. The average Bonchev–Trinajstić information content (AvgIpc) is 2.38. The van der Waals surface area contributed by atoms with Crippen LogP contribution in [0.25, 0.3) is 10.9 Å². The minimum absolute atomic E-state index is 0.351. The second-order valence-corrected chi connectivity index (χ2v) is 4.65. The molecule has 18 heavy (non-hydrogen) atoms. The zero-order valence-electron chi connectivity index (χ0n) is 10.8. The van der Waals surface area contributed by atoms with Crippen LogP contribution in [0.3, 0.4) is 0 Å². The first-order valence-corrected chi connectivity index (χ1v) is 6.16. The molecule has 3 nitrogen and oxygen atoms in total. The van der Waals surface area contributed by atoms with Gasteiger partial charge in [0, 0.05) is 24.2 Å². The van der Waals surface area contributed by atoms with Gasteiger partial charge in [-0.2, -0.15) is 5.26 Å². The Kier molecular flexibility index (Phi) is 3.91. The van der Waals surface area contributed by atoms with Crippen molar-refractivity contribution in [3.8, 4) is 6.07 Å². The van der Waals surface area contributed by atoms with Gasteiger partial charge < -0.3 is 0 Å². The van der Waals surface area contributed by atoms with Crippen LogP contribution in [0.1, 0.15) is 19.4 Å². The van der Waals surface area contributed by atoms with Gasteiger partial charge in [-0.15, -0.1) is 0 Å². The molecular weight excluding hydrogens is 222 g/mol. The van der Waals surface area contributed by atoms with Crippen molar-refractivity contribution in [2.24, 2.45) is 0 Å². The molecule has 3 heteroatoms. The van der Waals surface area contributed by atoms with Crippen molar-refractivity contribution in [1.82, 2.24) is 9.88 Å². The largest absolute Gasteiger partial charge is 0.284 e. The summed E-state index contributed by atoms with van der Waals surface area (Å²) in [6, 6.07) is 12.8. The predicted molar refractivity (Wildman–Crippen MR) is 72.9 cm³/mol. The van der Waals surface area contributed by atoms with Crippen LogP contribution >= 0.6 is 0 Å². The Morgan fingerprint density at radius 1 is 1.28 bits per heavy atom. The molecule has 0 N–H and O–H groups in total. The first-order chi connectivity index (χ1) is 8.72. The number of hydrogen-bond donors (Lipinski definition) is 0. The molecule has 0 saturated heterocycles. The van der Waals surface area contributed by atoms with Crippen molar-refractivity contribution in [2.45, 2.75) is 26.4 Å². The number of para-hydroxylation sites is 1. The third kappa shape index (κ3) is 2.66. The second-order valence-electron chi connectivity index (χ2n) is 4.65. The maximum absolute atomic E-state index is 8.87. The molecule has 0 aliphatic carbocycles. The number of benzene rings is 1. The zero-order valence-corrected chi connectivity index (χ0v) is 10.8. The number of hydrogen-bond acceptors (Lipinski definition) is 3. The third-order valence-corrected chi connectivity index (χ3v) is 3.09. The van der Waals surface area contributed by atoms with Gasteiger partial charge in [-0.05, 0) is 25.5 Å². The van der Waals surface area contributed by atoms with Crippen LogP contribution in [0.2, 0.25) is 0 Å². The van der Waals surface area contributed by atoms with Crippen LogP contribution < -0.4 is 0 Å². The van der Waals surface area contributed by atoms with Gasteiger partial charge in [-0.25, -0.2) is 0 Å². The number of nitriles is 1. The molecule has 0 atom stereocenters. The first kappa shape index (κ1) is 12.5. The van der Waals surface area contributed by atoms with Gasteiger partial charge in [0.25, 0.3) is 0 Å². The Morgan fingerprint density at radius 3 is 2.78 bits per heavy atom. The SMILES string of the molecule is CC(C)N(CC#N)Cc1cccc2cccnc12. The number of aromatic nitrogens is 1. The van der Waals surface area contributed by atoms with E-state index in [0.29, 0.717) is 12.6 Å². The minimum Gasteiger partial charge on any atom is -0.284 e. The Morgan fingerprint density at radius 2 is 2.06 bits per heavy atom. The van der Waals surface area contributed by atoms with Crippen molar-refractivity contribution in [2.75, 3.05) is 6.54 Å². The summed E-state index contributed by atoms with van der Waals surface area (Å²) in [5.74, 6) is 0. The lowest BCUT2D eigenvalue weighted by Gasteiger charge is -2.23. The van der Waals surface area contributed by atoms with E-state index in [4.69, 9.17) is 5.26 Å². The lowest BCUT2D eigenvalue weighted by atomic mass is 10.1. The van der Waals surface area contributed by atoms with Gasteiger partial charge in [0.1, 0.15) is 0 Å². The highest BCUT2D eigenvalue weighted by atomic mass is 15.1. The van der Waals surface area contributed by atoms with Crippen LogP contribution in [0.5, 0.6) is 0 Å². The fourth-order valence-electron chi connectivity index (χ4n) is 2.03. The monoisotopic (exact) mass is 239 g/mol. The summed E-state index contributed by atoms with van der Waals surface area (Å²) in [5.41, 5.74) is 2.21. The van der Waals surface area contributed by atoms with Crippen molar-refractivity contribution in [3.05, 3.63) is 42.1 Å². The van der Waals surface area contributed by atoms with E-state index in [-0.39, 0.29) is 0 Å². The second kappa shape index (κ2) is 5.61. The molecule has 92 valence electrons. The highest BCUT2D eigenvalue weighted by Crippen LogP contribution is 2.18. The molecule has 1 heterocycles. The third-order valence-electron chi connectivity index (χ3n) is 3.09. The van der Waals surface area contributed by atoms with E-state index in [2.05, 4.69) is 48.0 Å². The van der Waals surface area contributed by atoms with Crippen LogP contribution in [0.15, 0.2) is 36.5 Å². The van der Waals surface area contributed by atoms with Crippen LogP contribution in [-0.2, 0) is 6.54 Å². The molecule has 1 aromatic heterocycles. The van der Waals surface area contributed by atoms with Gasteiger partial charge >= 0.3 is 0 Å². The molecule has 0 radical (unpaired) electrons. The Balaban J connectivity index is 2.34. The van der Waals surface area contributed by atoms with E-state index in [9.17, 15) is 0 Å². The molecule has 0 amide bonds. The van der Waals surface area contributed by atoms with Crippen molar-refractivity contribution in [3.63, 3.8) is 0 Å². The highest BCUT2D eigenvalue weighted by molar-refractivity contribution is 5.81. The summed E-state index contributed by atoms with van der Waals surface area (Å²) < 4.78 is 0. The quantitative estimate of drug-likeness (QED) is 0.770. The lowest BCUT2D eigenvalue weighted by Crippen LogP contribution is -2.30. The summed E-state index contributed by atoms with van der Waals surface area (Å²) in [6.07, 6.45) is 1.82. The molecule has 0 unspecified atom stereocenters.